The third-order valence-corrected chi connectivity index (χ3v) is 12.8. The number of anilines is 1. The Labute approximate surface area is 285 Å². The summed E-state index contributed by atoms with van der Waals surface area (Å²) in [6.45, 7) is 4.49. The number of aryl methyl sites for hydroxylation is 2. The number of aromatic nitrogens is 1. The number of allylic oxidation sites excluding steroid dienone is 1. The number of hydrogen-bond donors (Lipinski definition) is 3. The quantitative estimate of drug-likeness (QED) is 0.361. The van der Waals surface area contributed by atoms with Crippen molar-refractivity contribution in [3.8, 4) is 10.6 Å². The SMILES string of the molecule is CCc1cnc(-c2ccc(C)cc2NC(=O)O[C@@H]2C[C@H]3C(=O)N[C@]4(C(=O)NS(=O)(=O)C5CC5)C[C@H]4/C=C\CCCCN(C)C(=O)[C@@H]3C2)s1. The third kappa shape index (κ3) is 7.29. The summed E-state index contributed by atoms with van der Waals surface area (Å²) < 4.78 is 33.4. The minimum atomic E-state index is -3.83. The minimum Gasteiger partial charge on any atom is -0.446 e. The average Bonchev–Trinajstić information content (AvgIpc) is 3.92. The number of hydrogen-bond acceptors (Lipinski definition) is 9. The summed E-state index contributed by atoms with van der Waals surface area (Å²) in [4.78, 5) is 61.7. The number of carbonyl (C=O) groups excluding carboxylic acids is 4. The molecule has 2 aromatic rings. The van der Waals surface area contributed by atoms with Crippen LogP contribution in [-0.2, 0) is 35.6 Å². The number of benzene rings is 1. The molecule has 3 saturated carbocycles. The van der Waals surface area contributed by atoms with Crippen LogP contribution >= 0.6 is 11.3 Å². The van der Waals surface area contributed by atoms with Crippen LogP contribution in [0.4, 0.5) is 10.5 Å². The maximum absolute atomic E-state index is 14.0. The van der Waals surface area contributed by atoms with Crippen molar-refractivity contribution in [2.75, 3.05) is 18.9 Å². The highest BCUT2D eigenvalue weighted by atomic mass is 32.2. The van der Waals surface area contributed by atoms with Crippen LogP contribution in [0.1, 0.15) is 68.7 Å². The number of sulfonamides is 1. The van der Waals surface area contributed by atoms with Gasteiger partial charge in [-0.2, -0.15) is 0 Å². The van der Waals surface area contributed by atoms with Crippen LogP contribution in [0.3, 0.4) is 0 Å². The van der Waals surface area contributed by atoms with Gasteiger partial charge in [0.05, 0.1) is 22.8 Å². The standard InChI is InChI=1S/C34H43N5O7S2/c1-4-23-19-35-30(47-23)25-13-10-20(2)15-28(25)36-33(43)46-22-16-26-27(17-22)31(41)39(3)14-8-6-5-7-9-21-18-34(21,37-29(26)40)32(42)38-48(44,45)24-11-12-24/h7,9-10,13,15,19,21-22,24,26-27H,4-6,8,11-12,14,16-18H2,1-3H3,(H,36,43)(H,37,40)(H,38,42)/b9-7-/t21-,22-,26-,27-,34-/m1/s1. The maximum atomic E-state index is 14.0. The topological polar surface area (TPSA) is 164 Å². The Morgan fingerprint density at radius 3 is 2.67 bits per heavy atom. The van der Waals surface area contributed by atoms with Crippen LogP contribution in [-0.4, -0.2) is 72.6 Å². The Bertz CT molecular complexity index is 1740. The van der Waals surface area contributed by atoms with Gasteiger partial charge in [-0.1, -0.05) is 25.1 Å². The van der Waals surface area contributed by atoms with Crippen molar-refractivity contribution in [3.63, 3.8) is 0 Å². The Kier molecular flexibility index (Phi) is 9.67. The summed E-state index contributed by atoms with van der Waals surface area (Å²) in [5, 5.41) is 5.89. The molecule has 12 nitrogen and oxygen atoms in total. The van der Waals surface area contributed by atoms with Crippen molar-refractivity contribution < 1.29 is 32.3 Å². The first kappa shape index (κ1) is 34.1. The van der Waals surface area contributed by atoms with E-state index in [1.54, 1.807) is 23.3 Å². The number of ether oxygens (including phenoxy) is 1. The molecule has 0 saturated heterocycles. The maximum Gasteiger partial charge on any atom is 0.411 e. The van der Waals surface area contributed by atoms with E-state index in [0.29, 0.717) is 25.1 Å². The highest BCUT2D eigenvalue weighted by molar-refractivity contribution is 7.91. The van der Waals surface area contributed by atoms with Gasteiger partial charge in [0.2, 0.25) is 21.8 Å². The van der Waals surface area contributed by atoms with E-state index in [4.69, 9.17) is 4.74 Å². The van der Waals surface area contributed by atoms with E-state index in [1.807, 2.05) is 43.5 Å². The molecular weight excluding hydrogens is 655 g/mol. The fourth-order valence-electron chi connectivity index (χ4n) is 6.73. The van der Waals surface area contributed by atoms with E-state index in [-0.39, 0.29) is 31.1 Å². The van der Waals surface area contributed by atoms with Crippen LogP contribution < -0.4 is 15.4 Å². The molecule has 3 aliphatic carbocycles. The fourth-order valence-corrected chi connectivity index (χ4v) is 8.98. The van der Waals surface area contributed by atoms with Gasteiger partial charge in [0.1, 0.15) is 16.7 Å². The number of fused-ring (bicyclic) bond motifs is 2. The second-order valence-corrected chi connectivity index (χ2v) is 16.6. The average molecular weight is 698 g/mol. The lowest BCUT2D eigenvalue weighted by Gasteiger charge is -2.26. The van der Waals surface area contributed by atoms with Crippen molar-refractivity contribution in [2.45, 2.75) is 88.5 Å². The van der Waals surface area contributed by atoms with Gasteiger partial charge >= 0.3 is 6.09 Å². The number of nitrogens with one attached hydrogen (secondary N) is 3. The lowest BCUT2D eigenvalue weighted by atomic mass is 9.93. The lowest BCUT2D eigenvalue weighted by Crippen LogP contribution is -2.54. The highest BCUT2D eigenvalue weighted by Crippen LogP contribution is 2.47. The van der Waals surface area contributed by atoms with Crippen molar-refractivity contribution >= 4 is 50.9 Å². The molecule has 5 atom stereocenters. The Hall–Kier alpha value is -3.78. The molecule has 1 aromatic heterocycles. The van der Waals surface area contributed by atoms with E-state index in [1.165, 1.54) is 0 Å². The van der Waals surface area contributed by atoms with Crippen molar-refractivity contribution in [3.05, 3.63) is 47.0 Å². The van der Waals surface area contributed by atoms with Gasteiger partial charge in [0.15, 0.2) is 0 Å². The zero-order valence-corrected chi connectivity index (χ0v) is 29.1. The van der Waals surface area contributed by atoms with Gasteiger partial charge in [-0.05, 0) is 82.4 Å². The first-order valence-corrected chi connectivity index (χ1v) is 19.1. The number of amides is 4. The van der Waals surface area contributed by atoms with Gasteiger partial charge < -0.3 is 15.0 Å². The smallest absolute Gasteiger partial charge is 0.411 e. The molecule has 0 spiro atoms. The second-order valence-electron chi connectivity index (χ2n) is 13.5. The van der Waals surface area contributed by atoms with Crippen LogP contribution in [0, 0.1) is 24.7 Å². The highest BCUT2D eigenvalue weighted by Gasteiger charge is 2.62. The zero-order valence-electron chi connectivity index (χ0n) is 27.5. The van der Waals surface area contributed by atoms with E-state index in [0.717, 1.165) is 46.7 Å². The minimum absolute atomic E-state index is 0.0785. The molecule has 14 heteroatoms. The predicted molar refractivity (Wildman–Crippen MR) is 181 cm³/mol. The van der Waals surface area contributed by atoms with Crippen LogP contribution in [0.15, 0.2) is 36.5 Å². The van der Waals surface area contributed by atoms with E-state index in [9.17, 15) is 27.6 Å². The van der Waals surface area contributed by atoms with Crippen molar-refractivity contribution in [1.29, 1.82) is 0 Å². The third-order valence-electron chi connectivity index (χ3n) is 9.81. The molecule has 6 rings (SSSR count). The van der Waals surface area contributed by atoms with E-state index in [2.05, 4.69) is 27.3 Å². The molecule has 3 fully saturated rings. The van der Waals surface area contributed by atoms with Gasteiger partial charge in [-0.3, -0.25) is 24.4 Å². The second kappa shape index (κ2) is 13.6. The molecule has 258 valence electrons. The summed E-state index contributed by atoms with van der Waals surface area (Å²) in [6.07, 6.45) is 8.82. The van der Waals surface area contributed by atoms with E-state index < -0.39 is 56.7 Å². The zero-order chi connectivity index (χ0) is 34.2. The summed E-state index contributed by atoms with van der Waals surface area (Å²) in [7, 11) is -2.13. The molecule has 4 aliphatic rings. The van der Waals surface area contributed by atoms with Crippen molar-refractivity contribution in [1.82, 2.24) is 19.9 Å². The van der Waals surface area contributed by atoms with Gasteiger partial charge in [0.25, 0.3) is 5.91 Å². The van der Waals surface area contributed by atoms with Gasteiger partial charge in [0, 0.05) is 36.1 Å². The summed E-state index contributed by atoms with van der Waals surface area (Å²) in [5.41, 5.74) is 0.819. The molecule has 1 aliphatic heterocycles. The number of rotatable bonds is 7. The molecule has 0 radical (unpaired) electrons. The Morgan fingerprint density at radius 2 is 1.94 bits per heavy atom. The van der Waals surface area contributed by atoms with Crippen molar-refractivity contribution in [2.24, 2.45) is 17.8 Å². The Morgan fingerprint density at radius 1 is 1.17 bits per heavy atom. The molecule has 4 amide bonds. The fraction of sp³-hybridized carbons (Fsp3) is 0.559. The molecule has 1 aromatic carbocycles. The van der Waals surface area contributed by atoms with Gasteiger partial charge in [-0.15, -0.1) is 11.3 Å². The summed E-state index contributed by atoms with van der Waals surface area (Å²) in [6, 6.07) is 5.70. The predicted octanol–water partition coefficient (Wildman–Crippen LogP) is 4.31. The Balaban J connectivity index is 1.20. The number of nitrogens with zero attached hydrogens (tertiary/aromatic N) is 2. The first-order chi connectivity index (χ1) is 22.9. The largest absolute Gasteiger partial charge is 0.446 e. The molecule has 0 unspecified atom stereocenters. The van der Waals surface area contributed by atoms with Crippen LogP contribution in [0.25, 0.3) is 10.6 Å². The molecular formula is C34H43N5O7S2. The summed E-state index contributed by atoms with van der Waals surface area (Å²) in [5.74, 6) is -3.55. The molecule has 3 N–H and O–H groups in total. The first-order valence-electron chi connectivity index (χ1n) is 16.7. The summed E-state index contributed by atoms with van der Waals surface area (Å²) >= 11 is 1.55. The molecule has 2 heterocycles. The lowest BCUT2D eigenvalue weighted by molar-refractivity contribution is -0.140. The normalized spacial score (nSPS) is 28.4. The van der Waals surface area contributed by atoms with Crippen LogP contribution in [0.2, 0.25) is 0 Å². The van der Waals surface area contributed by atoms with E-state index >= 15 is 0 Å². The van der Waals surface area contributed by atoms with Crippen LogP contribution in [0.5, 0.6) is 0 Å². The number of carbonyl (C=O) groups is 4. The number of thiazole rings is 1. The van der Waals surface area contributed by atoms with Gasteiger partial charge in [-0.25, -0.2) is 18.2 Å². The monoisotopic (exact) mass is 697 g/mol. The molecule has 48 heavy (non-hydrogen) atoms. The molecule has 0 bridgehead atoms.